The summed E-state index contributed by atoms with van der Waals surface area (Å²) in [6.07, 6.45) is 3.70. The molecule has 1 N–H and O–H groups in total. The summed E-state index contributed by atoms with van der Waals surface area (Å²) in [5.74, 6) is 2.71. The standard InChI is InChI=1S/C24H24N6O3/c1-32-17-10-11-20(33-2)18(13-17)23-19(15-30(28-23)16-7-4-3-5-8-16)24(31)25-14-22-27-26-21-9-6-12-29(21)22/h3-5,7-8,10-11,13,15H,6,9,12,14H2,1-2H3,(H,25,31). The van der Waals surface area contributed by atoms with Crippen LogP contribution in [-0.4, -0.2) is 44.7 Å². The topological polar surface area (TPSA) is 96.1 Å². The van der Waals surface area contributed by atoms with Crippen LogP contribution in [0.15, 0.2) is 54.7 Å². The van der Waals surface area contributed by atoms with E-state index in [0.29, 0.717) is 28.3 Å². The van der Waals surface area contributed by atoms with Crippen LogP contribution in [0.5, 0.6) is 11.5 Å². The molecule has 3 heterocycles. The van der Waals surface area contributed by atoms with Crippen LogP contribution in [0.3, 0.4) is 0 Å². The SMILES string of the molecule is COc1ccc(OC)c(-c2nn(-c3ccccc3)cc2C(=O)NCc2nnc3n2CCC3)c1. The largest absolute Gasteiger partial charge is 0.497 e. The van der Waals surface area contributed by atoms with Crippen LogP contribution in [0.4, 0.5) is 0 Å². The predicted molar refractivity (Wildman–Crippen MR) is 122 cm³/mol. The first-order chi connectivity index (χ1) is 16.2. The molecule has 1 aliphatic heterocycles. The van der Waals surface area contributed by atoms with Crippen molar-refractivity contribution in [2.75, 3.05) is 14.2 Å². The van der Waals surface area contributed by atoms with E-state index in [2.05, 4.69) is 20.1 Å². The fourth-order valence-electron chi connectivity index (χ4n) is 4.05. The average Bonchev–Trinajstić information content (AvgIpc) is 3.59. The minimum Gasteiger partial charge on any atom is -0.497 e. The highest BCUT2D eigenvalue weighted by molar-refractivity contribution is 6.00. The minimum atomic E-state index is -0.257. The fourth-order valence-corrected chi connectivity index (χ4v) is 4.05. The van der Waals surface area contributed by atoms with Gasteiger partial charge in [-0.15, -0.1) is 10.2 Å². The van der Waals surface area contributed by atoms with Gasteiger partial charge in [0.15, 0.2) is 5.82 Å². The lowest BCUT2D eigenvalue weighted by Crippen LogP contribution is -2.25. The molecule has 9 heteroatoms. The van der Waals surface area contributed by atoms with Gasteiger partial charge in [0.25, 0.3) is 5.91 Å². The first-order valence-electron chi connectivity index (χ1n) is 10.7. The van der Waals surface area contributed by atoms with Gasteiger partial charge in [-0.05, 0) is 36.8 Å². The Labute approximate surface area is 191 Å². The van der Waals surface area contributed by atoms with Gasteiger partial charge in [0.1, 0.15) is 23.0 Å². The van der Waals surface area contributed by atoms with Crippen molar-refractivity contribution in [1.29, 1.82) is 0 Å². The number of rotatable bonds is 7. The van der Waals surface area contributed by atoms with Crippen molar-refractivity contribution in [3.63, 3.8) is 0 Å². The van der Waals surface area contributed by atoms with E-state index in [1.807, 2.05) is 42.5 Å². The molecule has 0 bridgehead atoms. The van der Waals surface area contributed by atoms with Crippen molar-refractivity contribution < 1.29 is 14.3 Å². The summed E-state index contributed by atoms with van der Waals surface area (Å²) < 4.78 is 14.7. The van der Waals surface area contributed by atoms with Crippen molar-refractivity contribution in [3.05, 3.63) is 71.9 Å². The number of amides is 1. The molecule has 0 spiro atoms. The molecule has 0 radical (unpaired) electrons. The van der Waals surface area contributed by atoms with E-state index in [1.165, 1.54) is 0 Å². The highest BCUT2D eigenvalue weighted by Crippen LogP contribution is 2.35. The summed E-state index contributed by atoms with van der Waals surface area (Å²) in [6.45, 7) is 1.17. The summed E-state index contributed by atoms with van der Waals surface area (Å²) in [5, 5.41) is 16.2. The van der Waals surface area contributed by atoms with Crippen molar-refractivity contribution in [2.24, 2.45) is 0 Å². The van der Waals surface area contributed by atoms with Gasteiger partial charge >= 0.3 is 0 Å². The number of methoxy groups -OCH3 is 2. The molecule has 168 valence electrons. The summed E-state index contributed by atoms with van der Waals surface area (Å²) in [5.41, 5.74) is 2.43. The molecular formula is C24H24N6O3. The molecule has 5 rings (SSSR count). The van der Waals surface area contributed by atoms with Crippen molar-refractivity contribution >= 4 is 5.91 Å². The monoisotopic (exact) mass is 444 g/mol. The molecule has 0 unspecified atom stereocenters. The average molecular weight is 444 g/mol. The van der Waals surface area contributed by atoms with E-state index >= 15 is 0 Å². The van der Waals surface area contributed by atoms with Crippen molar-refractivity contribution in [2.45, 2.75) is 25.9 Å². The van der Waals surface area contributed by atoms with Gasteiger partial charge < -0.3 is 19.4 Å². The molecule has 0 saturated carbocycles. The molecule has 9 nitrogen and oxygen atoms in total. The van der Waals surface area contributed by atoms with E-state index in [1.54, 1.807) is 31.2 Å². The molecule has 0 fully saturated rings. The van der Waals surface area contributed by atoms with Gasteiger partial charge in [-0.2, -0.15) is 5.10 Å². The molecule has 0 saturated heterocycles. The first-order valence-corrected chi connectivity index (χ1v) is 10.7. The second-order valence-electron chi connectivity index (χ2n) is 7.71. The van der Waals surface area contributed by atoms with E-state index in [4.69, 9.17) is 14.6 Å². The Morgan fingerprint density at radius 2 is 1.94 bits per heavy atom. The third-order valence-corrected chi connectivity index (χ3v) is 5.73. The van der Waals surface area contributed by atoms with E-state index < -0.39 is 0 Å². The molecule has 0 atom stereocenters. The smallest absolute Gasteiger partial charge is 0.255 e. The highest BCUT2D eigenvalue weighted by atomic mass is 16.5. The number of fused-ring (bicyclic) bond motifs is 1. The van der Waals surface area contributed by atoms with Crippen LogP contribution in [-0.2, 0) is 19.5 Å². The Morgan fingerprint density at radius 3 is 2.73 bits per heavy atom. The number of ether oxygens (including phenoxy) is 2. The Hall–Kier alpha value is -4.14. The van der Waals surface area contributed by atoms with Crippen LogP contribution in [0.25, 0.3) is 16.9 Å². The zero-order valence-electron chi connectivity index (χ0n) is 18.5. The molecule has 2 aromatic carbocycles. The number of aryl methyl sites for hydroxylation is 1. The maximum absolute atomic E-state index is 13.3. The van der Waals surface area contributed by atoms with Gasteiger partial charge in [0.2, 0.25) is 0 Å². The van der Waals surface area contributed by atoms with Crippen LogP contribution in [0.2, 0.25) is 0 Å². The number of aromatic nitrogens is 5. The van der Waals surface area contributed by atoms with E-state index in [-0.39, 0.29) is 12.5 Å². The predicted octanol–water partition coefficient (Wildman–Crippen LogP) is 3.02. The fraction of sp³-hybridized carbons (Fsp3) is 0.250. The summed E-state index contributed by atoms with van der Waals surface area (Å²) in [7, 11) is 3.18. The normalized spacial score (nSPS) is 12.4. The molecule has 0 aliphatic carbocycles. The maximum atomic E-state index is 13.3. The molecule has 4 aromatic rings. The van der Waals surface area contributed by atoms with Crippen LogP contribution in [0, 0.1) is 0 Å². The second-order valence-corrected chi connectivity index (χ2v) is 7.71. The number of carbonyl (C=O) groups is 1. The number of carbonyl (C=O) groups excluding carboxylic acids is 1. The van der Waals surface area contributed by atoms with Gasteiger partial charge in [-0.3, -0.25) is 4.79 Å². The zero-order valence-corrected chi connectivity index (χ0v) is 18.5. The Kier molecular flexibility index (Phi) is 5.52. The number of benzene rings is 2. The van der Waals surface area contributed by atoms with Gasteiger partial charge in [0, 0.05) is 24.7 Å². The third kappa shape index (κ3) is 3.93. The van der Waals surface area contributed by atoms with Gasteiger partial charge in [-0.1, -0.05) is 18.2 Å². The van der Waals surface area contributed by atoms with Crippen LogP contribution >= 0.6 is 0 Å². The van der Waals surface area contributed by atoms with E-state index in [9.17, 15) is 4.79 Å². The minimum absolute atomic E-state index is 0.257. The Morgan fingerprint density at radius 1 is 1.09 bits per heavy atom. The molecule has 1 aliphatic rings. The molecule has 33 heavy (non-hydrogen) atoms. The summed E-state index contributed by atoms with van der Waals surface area (Å²) in [6, 6.07) is 15.1. The molecular weight excluding hydrogens is 420 g/mol. The van der Waals surface area contributed by atoms with Crippen molar-refractivity contribution in [1.82, 2.24) is 29.9 Å². The second kappa shape index (κ2) is 8.78. The number of nitrogens with one attached hydrogen (secondary N) is 1. The highest BCUT2D eigenvalue weighted by Gasteiger charge is 2.23. The lowest BCUT2D eigenvalue weighted by Gasteiger charge is -2.10. The zero-order chi connectivity index (χ0) is 22.8. The summed E-state index contributed by atoms with van der Waals surface area (Å²) >= 11 is 0. The van der Waals surface area contributed by atoms with Crippen LogP contribution < -0.4 is 14.8 Å². The van der Waals surface area contributed by atoms with Crippen molar-refractivity contribution in [3.8, 4) is 28.4 Å². The third-order valence-electron chi connectivity index (χ3n) is 5.73. The quantitative estimate of drug-likeness (QED) is 0.471. The lowest BCUT2D eigenvalue weighted by atomic mass is 10.1. The Bertz CT molecular complexity index is 1300. The molecule has 2 aromatic heterocycles. The number of nitrogens with zero attached hydrogens (tertiary/aromatic N) is 5. The number of para-hydroxylation sites is 1. The number of hydrogen-bond donors (Lipinski definition) is 1. The van der Waals surface area contributed by atoms with Gasteiger partial charge in [-0.25, -0.2) is 4.68 Å². The Balaban J connectivity index is 1.53. The maximum Gasteiger partial charge on any atom is 0.255 e. The first kappa shape index (κ1) is 20.7. The molecule has 1 amide bonds. The number of hydrogen-bond acceptors (Lipinski definition) is 6. The summed E-state index contributed by atoms with van der Waals surface area (Å²) in [4.78, 5) is 13.3. The van der Waals surface area contributed by atoms with Gasteiger partial charge in [0.05, 0.1) is 32.0 Å². The van der Waals surface area contributed by atoms with E-state index in [0.717, 1.165) is 36.7 Å². The van der Waals surface area contributed by atoms with Crippen LogP contribution in [0.1, 0.15) is 28.4 Å². The lowest BCUT2D eigenvalue weighted by molar-refractivity contribution is 0.0950.